The van der Waals surface area contributed by atoms with Crippen LogP contribution >= 0.6 is 0 Å². The molecule has 0 amide bonds. The van der Waals surface area contributed by atoms with E-state index in [0.29, 0.717) is 29.7 Å². The van der Waals surface area contributed by atoms with Crippen LogP contribution in [0.4, 0.5) is 11.5 Å². The molecule has 1 aliphatic rings. The van der Waals surface area contributed by atoms with Gasteiger partial charge in [-0.05, 0) is 18.2 Å². The molecule has 2 heterocycles. The fourth-order valence-electron chi connectivity index (χ4n) is 3.22. The number of aromatic nitrogens is 2. The van der Waals surface area contributed by atoms with Gasteiger partial charge in [0.25, 0.3) is 0 Å². The number of phenols is 1. The maximum Gasteiger partial charge on any atom is 0.162 e. The van der Waals surface area contributed by atoms with Crippen LogP contribution in [-0.4, -0.2) is 35.9 Å². The minimum atomic E-state index is 0.137. The Hall–Kier alpha value is -3.22. The van der Waals surface area contributed by atoms with E-state index >= 15 is 0 Å². The van der Waals surface area contributed by atoms with Crippen LogP contribution in [-0.2, 0) is 0 Å². The zero-order valence-electron chi connectivity index (χ0n) is 14.7. The summed E-state index contributed by atoms with van der Waals surface area (Å²) in [5.74, 6) is 2.86. The highest BCUT2D eigenvalue weighted by Gasteiger charge is 2.27. The highest BCUT2D eigenvalue weighted by atomic mass is 16.5. The van der Waals surface area contributed by atoms with E-state index < -0.39 is 0 Å². The molecule has 7 nitrogen and oxygen atoms in total. The maximum atomic E-state index is 10.1. The minimum Gasteiger partial charge on any atom is -0.508 e. The second-order valence-electron chi connectivity index (χ2n) is 6.16. The molecule has 26 heavy (non-hydrogen) atoms. The van der Waals surface area contributed by atoms with E-state index in [1.807, 2.05) is 13.0 Å². The molecule has 0 fully saturated rings. The maximum absolute atomic E-state index is 10.1. The van der Waals surface area contributed by atoms with Crippen LogP contribution in [0.3, 0.4) is 0 Å². The number of aromatic hydroxyl groups is 1. The Morgan fingerprint density at radius 3 is 2.69 bits per heavy atom. The molecular formula is C19H19N3O4. The van der Waals surface area contributed by atoms with E-state index in [1.165, 1.54) is 6.33 Å². The molecule has 1 aromatic heterocycles. The van der Waals surface area contributed by atoms with Crippen molar-refractivity contribution in [2.45, 2.75) is 12.8 Å². The monoisotopic (exact) mass is 353 g/mol. The van der Waals surface area contributed by atoms with E-state index in [2.05, 4.69) is 15.3 Å². The first-order valence-electron chi connectivity index (χ1n) is 8.24. The van der Waals surface area contributed by atoms with Crippen molar-refractivity contribution in [1.82, 2.24) is 9.97 Å². The van der Waals surface area contributed by atoms with Crippen LogP contribution in [0.2, 0.25) is 0 Å². The van der Waals surface area contributed by atoms with E-state index in [-0.39, 0.29) is 11.7 Å². The Kier molecular flexibility index (Phi) is 3.91. The van der Waals surface area contributed by atoms with Gasteiger partial charge in [0.05, 0.1) is 32.0 Å². The Morgan fingerprint density at radius 2 is 1.92 bits per heavy atom. The van der Waals surface area contributed by atoms with E-state index in [1.54, 1.807) is 32.4 Å². The summed E-state index contributed by atoms with van der Waals surface area (Å²) in [6.45, 7) is 2.56. The smallest absolute Gasteiger partial charge is 0.162 e. The highest BCUT2D eigenvalue weighted by Crippen LogP contribution is 2.46. The summed E-state index contributed by atoms with van der Waals surface area (Å²) in [4.78, 5) is 8.67. The van der Waals surface area contributed by atoms with Crippen molar-refractivity contribution in [2.24, 2.45) is 0 Å². The van der Waals surface area contributed by atoms with Crippen molar-refractivity contribution < 1.29 is 19.3 Å². The number of benzene rings is 2. The lowest BCUT2D eigenvalue weighted by molar-refractivity contribution is 0.338. The van der Waals surface area contributed by atoms with Gasteiger partial charge in [0.15, 0.2) is 11.5 Å². The molecule has 2 aromatic carbocycles. The summed E-state index contributed by atoms with van der Waals surface area (Å²) >= 11 is 0. The number of nitrogens with one attached hydrogen (secondary N) is 1. The number of fused-ring (bicyclic) bond motifs is 2. The Labute approximate surface area is 150 Å². The van der Waals surface area contributed by atoms with Gasteiger partial charge in [-0.2, -0.15) is 0 Å². The van der Waals surface area contributed by atoms with E-state index in [9.17, 15) is 5.11 Å². The van der Waals surface area contributed by atoms with Gasteiger partial charge < -0.3 is 24.6 Å². The lowest BCUT2D eigenvalue weighted by atomic mass is 10.0. The molecule has 1 unspecified atom stereocenters. The number of phenolic OH excluding ortho intramolecular Hbond substituents is 1. The number of methoxy groups -OCH3 is 2. The van der Waals surface area contributed by atoms with Crippen LogP contribution < -0.4 is 19.5 Å². The van der Waals surface area contributed by atoms with Crippen LogP contribution in [0.1, 0.15) is 18.4 Å². The van der Waals surface area contributed by atoms with Gasteiger partial charge in [0, 0.05) is 22.9 Å². The molecule has 134 valence electrons. The molecule has 0 saturated carbocycles. The zero-order valence-corrected chi connectivity index (χ0v) is 14.7. The van der Waals surface area contributed by atoms with Crippen molar-refractivity contribution in [3.8, 4) is 23.0 Å². The Morgan fingerprint density at radius 1 is 1.15 bits per heavy atom. The van der Waals surface area contributed by atoms with Crippen molar-refractivity contribution in [3.05, 3.63) is 36.2 Å². The average Bonchev–Trinajstić information content (AvgIpc) is 3.06. The summed E-state index contributed by atoms with van der Waals surface area (Å²) in [5, 5.41) is 14.2. The van der Waals surface area contributed by atoms with Gasteiger partial charge in [-0.15, -0.1) is 0 Å². The fraction of sp³-hybridized carbons (Fsp3) is 0.263. The molecule has 3 aromatic rings. The number of hydrogen-bond donors (Lipinski definition) is 2. The molecule has 0 saturated heterocycles. The van der Waals surface area contributed by atoms with Crippen molar-refractivity contribution >= 4 is 22.4 Å². The van der Waals surface area contributed by atoms with Crippen LogP contribution in [0.15, 0.2) is 30.6 Å². The first kappa shape index (κ1) is 16.3. The summed E-state index contributed by atoms with van der Waals surface area (Å²) in [6, 6.07) is 7.09. The summed E-state index contributed by atoms with van der Waals surface area (Å²) in [6.07, 6.45) is 1.49. The third-order valence-corrected chi connectivity index (χ3v) is 4.54. The molecule has 0 aliphatic carbocycles. The lowest BCUT2D eigenvalue weighted by Crippen LogP contribution is -1.99. The standard InChI is InChI=1S/C19H19N3O4/c1-10-8-26-18-12(4-5-14(23)17(10)18)22-19-11-6-15(24-2)16(25-3)7-13(11)20-9-21-19/h4-7,9-10,23H,8H2,1-3H3,(H,20,21,22). The lowest BCUT2D eigenvalue weighted by Gasteiger charge is -2.14. The third kappa shape index (κ3) is 2.52. The largest absolute Gasteiger partial charge is 0.508 e. The number of anilines is 2. The topological polar surface area (TPSA) is 85.7 Å². The molecule has 4 rings (SSSR count). The van der Waals surface area contributed by atoms with Crippen LogP contribution in [0.5, 0.6) is 23.0 Å². The average molecular weight is 353 g/mol. The quantitative estimate of drug-likeness (QED) is 0.693. The van der Waals surface area contributed by atoms with Crippen molar-refractivity contribution in [2.75, 3.05) is 26.1 Å². The predicted molar refractivity (Wildman–Crippen MR) is 97.9 cm³/mol. The van der Waals surface area contributed by atoms with Crippen molar-refractivity contribution in [1.29, 1.82) is 0 Å². The van der Waals surface area contributed by atoms with Crippen LogP contribution in [0, 0.1) is 0 Å². The molecule has 0 spiro atoms. The Bertz CT molecular complexity index is 990. The molecular weight excluding hydrogens is 334 g/mol. The second-order valence-corrected chi connectivity index (χ2v) is 6.16. The van der Waals surface area contributed by atoms with Gasteiger partial charge >= 0.3 is 0 Å². The molecule has 7 heteroatoms. The summed E-state index contributed by atoms with van der Waals surface area (Å²) < 4.78 is 16.5. The van der Waals surface area contributed by atoms with E-state index in [4.69, 9.17) is 14.2 Å². The first-order chi connectivity index (χ1) is 12.6. The number of ether oxygens (including phenoxy) is 3. The van der Waals surface area contributed by atoms with Gasteiger partial charge in [-0.3, -0.25) is 0 Å². The molecule has 2 N–H and O–H groups in total. The normalized spacial score (nSPS) is 15.4. The fourth-order valence-corrected chi connectivity index (χ4v) is 3.22. The highest BCUT2D eigenvalue weighted by molar-refractivity contribution is 5.93. The first-order valence-corrected chi connectivity index (χ1v) is 8.24. The molecule has 1 aliphatic heterocycles. The van der Waals surface area contributed by atoms with E-state index in [0.717, 1.165) is 22.2 Å². The molecule has 1 atom stereocenters. The SMILES string of the molecule is COc1cc2ncnc(Nc3ccc(O)c4c3OCC4C)c2cc1OC. The predicted octanol–water partition coefficient (Wildman–Crippen LogP) is 3.59. The van der Waals surface area contributed by atoms with Gasteiger partial charge in [0.2, 0.25) is 0 Å². The van der Waals surface area contributed by atoms with Crippen molar-refractivity contribution in [3.63, 3.8) is 0 Å². The van der Waals surface area contributed by atoms with Gasteiger partial charge in [-0.1, -0.05) is 6.92 Å². The zero-order chi connectivity index (χ0) is 18.3. The summed E-state index contributed by atoms with van der Waals surface area (Å²) in [7, 11) is 3.17. The Balaban J connectivity index is 1.82. The van der Waals surface area contributed by atoms with Gasteiger partial charge in [-0.25, -0.2) is 9.97 Å². The molecule has 0 bridgehead atoms. The van der Waals surface area contributed by atoms with Gasteiger partial charge in [0.1, 0.15) is 23.6 Å². The number of hydrogen-bond acceptors (Lipinski definition) is 7. The minimum absolute atomic E-state index is 0.137. The third-order valence-electron chi connectivity index (χ3n) is 4.54. The van der Waals surface area contributed by atoms with Crippen LogP contribution in [0.25, 0.3) is 10.9 Å². The second kappa shape index (κ2) is 6.25. The molecule has 0 radical (unpaired) electrons. The number of rotatable bonds is 4. The summed E-state index contributed by atoms with van der Waals surface area (Å²) in [5.41, 5.74) is 2.29. The number of nitrogens with zero attached hydrogens (tertiary/aromatic N) is 2.